The van der Waals surface area contributed by atoms with Crippen LogP contribution in [0, 0.1) is 0 Å². The van der Waals surface area contributed by atoms with E-state index in [2.05, 4.69) is 4.74 Å². The molecule has 6 nitrogen and oxygen atoms in total. The summed E-state index contributed by atoms with van der Waals surface area (Å²) in [5.74, 6) is -0.211. The van der Waals surface area contributed by atoms with E-state index in [4.69, 9.17) is 15.7 Å². The first kappa shape index (κ1) is 18.2. The predicted octanol–water partition coefficient (Wildman–Crippen LogP) is -3.97. The number of ether oxygens (including phenoxy) is 1. The van der Waals surface area contributed by atoms with Crippen molar-refractivity contribution in [2.75, 3.05) is 6.61 Å². The van der Waals surface area contributed by atoms with Crippen molar-refractivity contribution < 1.29 is 67.8 Å². The van der Waals surface area contributed by atoms with Gasteiger partial charge >= 0.3 is 64.2 Å². The Morgan fingerprint density at radius 3 is 1.67 bits per heavy atom. The molecule has 12 heavy (non-hydrogen) atoms. The zero-order valence-electron chi connectivity index (χ0n) is 7.03. The topological polar surface area (TPSA) is 101 Å². The molecule has 0 saturated carbocycles. The van der Waals surface area contributed by atoms with Crippen LogP contribution in [0.25, 0.3) is 0 Å². The molecule has 0 rings (SSSR count). The number of hydrogen-bond acceptors (Lipinski definition) is 6. The Bertz CT molecular complexity index is 234. The second kappa shape index (κ2) is 9.44. The molecular weight excluding hydrogens is 222 g/mol. The van der Waals surface area contributed by atoms with Crippen molar-refractivity contribution in [1.29, 1.82) is 0 Å². The molecule has 0 atom stereocenters. The van der Waals surface area contributed by atoms with E-state index in [0.29, 0.717) is 6.61 Å². The fourth-order valence-electron chi connectivity index (χ4n) is 0.203. The van der Waals surface area contributed by atoms with E-state index in [-0.39, 0.29) is 35.5 Å². The van der Waals surface area contributed by atoms with Gasteiger partial charge in [-0.05, 0) is 6.92 Å². The zero-order valence-corrected chi connectivity index (χ0v) is 10.2. The van der Waals surface area contributed by atoms with Crippen molar-refractivity contribution in [2.45, 2.75) is 13.8 Å². The number of rotatable bonds is 1. The Balaban J connectivity index is -0.000000126. The molecule has 0 bridgehead atoms. The van der Waals surface area contributed by atoms with Crippen molar-refractivity contribution in [3.05, 3.63) is 0 Å². The summed E-state index contributed by atoms with van der Waals surface area (Å²) >= 11 is -5.62. The van der Waals surface area contributed by atoms with Crippen LogP contribution in [0.15, 0.2) is 0 Å². The molecule has 0 aromatic carbocycles. The minimum atomic E-state index is -5.62. The van der Waals surface area contributed by atoms with Gasteiger partial charge in [-0.1, -0.05) is 0 Å². The average Bonchev–Trinajstić information content (AvgIpc) is 1.58. The van der Waals surface area contributed by atoms with Crippen LogP contribution in [0.4, 0.5) is 0 Å². The molecule has 0 aliphatic rings. The van der Waals surface area contributed by atoms with Gasteiger partial charge in [0.05, 0.1) is 6.61 Å². The zero-order chi connectivity index (χ0) is 9.49. The van der Waals surface area contributed by atoms with E-state index in [1.807, 2.05) is 0 Å². The average molecular weight is 230 g/mol. The summed E-state index contributed by atoms with van der Waals surface area (Å²) in [6.45, 7) is 3.65. The van der Waals surface area contributed by atoms with Crippen LogP contribution < -0.4 is 33.7 Å². The molecule has 0 spiro atoms. The van der Waals surface area contributed by atoms with E-state index in [1.165, 1.54) is 6.92 Å². The van der Waals surface area contributed by atoms with E-state index in [1.54, 1.807) is 6.92 Å². The molecule has 0 amide bonds. The van der Waals surface area contributed by atoms with Gasteiger partial charge in [0.15, 0.2) is 0 Å². The minimum absolute atomic E-state index is 0. The van der Waals surface area contributed by atoms with Gasteiger partial charge in [0.1, 0.15) is 0 Å². The first-order valence-electron chi connectivity index (χ1n) is 2.52. The van der Waals surface area contributed by atoms with E-state index in [0.717, 1.165) is 0 Å². The first-order chi connectivity index (χ1) is 4.77. The van der Waals surface area contributed by atoms with Gasteiger partial charge in [-0.2, -0.15) is 0 Å². The van der Waals surface area contributed by atoms with Crippen molar-refractivity contribution in [2.24, 2.45) is 0 Å². The molecule has 0 heterocycles. The van der Waals surface area contributed by atoms with Crippen LogP contribution in [-0.2, 0) is 34.0 Å². The van der Waals surface area contributed by atoms with E-state index in [9.17, 15) is 4.79 Å². The van der Waals surface area contributed by atoms with E-state index >= 15 is 0 Å². The monoisotopic (exact) mass is 230 g/mol. The Hall–Kier alpha value is 0.349. The standard InChI is InChI=1S/C4H8O2.Mn.Na.4O/c1-3-6-4(2)5;;;;;;/h3H2,1-2H3;;;;;;/q;;+1;;;;-1. The molecule has 68 valence electrons. The molecule has 0 N–H and O–H groups in total. The molecule has 0 radical (unpaired) electrons. The molecule has 0 aliphatic carbocycles. The number of esters is 1. The third kappa shape index (κ3) is 80.6. The van der Waals surface area contributed by atoms with Gasteiger partial charge in [0.2, 0.25) is 0 Å². The number of carbonyl (C=O) groups is 1. The molecule has 0 unspecified atom stereocenters. The molecular formula is C4H8MnNaO6. The summed E-state index contributed by atoms with van der Waals surface area (Å²) in [6, 6.07) is 0. The molecule has 0 aromatic heterocycles. The second-order valence-corrected chi connectivity index (χ2v) is 2.48. The quantitative estimate of drug-likeness (QED) is 0.336. The fraction of sp³-hybridized carbons (Fsp3) is 0.750. The molecule has 8 heteroatoms. The van der Waals surface area contributed by atoms with Crippen LogP contribution in [-0.4, -0.2) is 12.6 Å². The predicted molar refractivity (Wildman–Crippen MR) is 24.4 cm³/mol. The van der Waals surface area contributed by atoms with Crippen molar-refractivity contribution in [1.82, 2.24) is 0 Å². The van der Waals surface area contributed by atoms with Gasteiger partial charge in [-0.15, -0.1) is 0 Å². The van der Waals surface area contributed by atoms with Crippen LogP contribution in [0.5, 0.6) is 0 Å². The molecule has 0 saturated heterocycles. The van der Waals surface area contributed by atoms with Crippen molar-refractivity contribution >= 4 is 5.97 Å². The third-order valence-electron chi connectivity index (χ3n) is 0.348. The van der Waals surface area contributed by atoms with E-state index < -0.39 is 13.0 Å². The molecule has 0 aliphatic heterocycles. The maximum absolute atomic E-state index is 9.82. The van der Waals surface area contributed by atoms with Crippen molar-refractivity contribution in [3.63, 3.8) is 0 Å². The van der Waals surface area contributed by atoms with Crippen LogP contribution in [0.3, 0.4) is 0 Å². The fourth-order valence-corrected chi connectivity index (χ4v) is 0.203. The number of carbonyl (C=O) groups excluding carboxylic acids is 1. The summed E-state index contributed by atoms with van der Waals surface area (Å²) in [5.41, 5.74) is 0. The first-order valence-corrected chi connectivity index (χ1v) is 4.45. The van der Waals surface area contributed by atoms with Crippen molar-refractivity contribution in [3.8, 4) is 0 Å². The van der Waals surface area contributed by atoms with Gasteiger partial charge in [-0.25, -0.2) is 0 Å². The maximum atomic E-state index is 9.82. The van der Waals surface area contributed by atoms with Crippen LogP contribution in [0.1, 0.15) is 13.8 Å². The molecule has 0 fully saturated rings. The Morgan fingerprint density at radius 2 is 1.67 bits per heavy atom. The SMILES string of the molecule is CCOC(C)=O.[Na+].[O]=[Mn](=[O])(=[O])[O-]. The Labute approximate surface area is 93.7 Å². The number of hydrogen-bond donors (Lipinski definition) is 0. The normalized spacial score (nSPS) is 8.58. The summed E-state index contributed by atoms with van der Waals surface area (Å²) in [7, 11) is 0. The summed E-state index contributed by atoms with van der Waals surface area (Å²) in [6.07, 6.45) is 0. The van der Waals surface area contributed by atoms with Gasteiger partial charge < -0.3 is 4.74 Å². The Kier molecular flexibility index (Phi) is 14.3. The summed E-state index contributed by atoms with van der Waals surface area (Å²) in [5, 5.41) is 0. The van der Waals surface area contributed by atoms with Gasteiger partial charge in [-0.3, -0.25) is 4.79 Å². The van der Waals surface area contributed by atoms with Crippen LogP contribution >= 0.6 is 0 Å². The third-order valence-corrected chi connectivity index (χ3v) is 0.348. The Morgan fingerprint density at radius 1 is 1.42 bits per heavy atom. The summed E-state index contributed by atoms with van der Waals surface area (Å²) in [4.78, 5) is 9.82. The summed E-state index contributed by atoms with van der Waals surface area (Å²) < 4.78 is 38.7. The van der Waals surface area contributed by atoms with Gasteiger partial charge in [0, 0.05) is 6.92 Å². The van der Waals surface area contributed by atoms with Gasteiger partial charge in [0.25, 0.3) is 0 Å². The van der Waals surface area contributed by atoms with Crippen LogP contribution in [0.2, 0.25) is 0 Å². The molecule has 0 aromatic rings. The second-order valence-electron chi connectivity index (χ2n) is 1.30.